The first-order chi connectivity index (χ1) is 22.1. The number of carbonyl (C=O) groups is 1. The van der Waals surface area contributed by atoms with Crippen LogP contribution in [0.4, 0.5) is 17.7 Å². The van der Waals surface area contributed by atoms with Gasteiger partial charge in [-0.2, -0.15) is 4.98 Å². The summed E-state index contributed by atoms with van der Waals surface area (Å²) < 4.78 is 15.9. The fraction of sp³-hybridized carbons (Fsp3) is 0.500. The van der Waals surface area contributed by atoms with Crippen molar-refractivity contribution in [1.29, 1.82) is 0 Å². The molecule has 1 atom stereocenters. The van der Waals surface area contributed by atoms with Crippen LogP contribution in [0.15, 0.2) is 36.7 Å². The fourth-order valence-corrected chi connectivity index (χ4v) is 5.79. The zero-order chi connectivity index (χ0) is 32.7. The summed E-state index contributed by atoms with van der Waals surface area (Å²) in [6.45, 7) is 12.3. The number of benzene rings is 1. The Balaban J connectivity index is 0.000000182. The van der Waals surface area contributed by atoms with Crippen molar-refractivity contribution in [3.05, 3.63) is 47.8 Å². The number of methoxy groups -OCH3 is 1. The fourth-order valence-electron chi connectivity index (χ4n) is 5.35. The minimum atomic E-state index is -0.426. The third-order valence-electron chi connectivity index (χ3n) is 7.95. The van der Waals surface area contributed by atoms with Gasteiger partial charge in [-0.25, -0.2) is 19.7 Å². The average molecular weight is 650 g/mol. The highest BCUT2D eigenvalue weighted by atomic mass is 32.1. The number of nitrogens with one attached hydrogen (secondary N) is 2. The third-order valence-corrected chi connectivity index (χ3v) is 8.31. The number of rotatable bonds is 7. The van der Waals surface area contributed by atoms with Crippen molar-refractivity contribution in [2.45, 2.75) is 39.2 Å². The van der Waals surface area contributed by atoms with Gasteiger partial charge < -0.3 is 40.4 Å². The number of nitrogens with two attached hydrogens (primary N) is 1. The molecule has 13 nitrogen and oxygen atoms in total. The Morgan fingerprint density at radius 2 is 1.87 bits per heavy atom. The van der Waals surface area contributed by atoms with Crippen molar-refractivity contribution in [2.75, 3.05) is 75.6 Å². The first kappa shape index (κ1) is 33.1. The number of morpholine rings is 1. The van der Waals surface area contributed by atoms with Crippen molar-refractivity contribution in [2.24, 2.45) is 5.92 Å². The van der Waals surface area contributed by atoms with Crippen LogP contribution < -0.4 is 26.0 Å². The van der Waals surface area contributed by atoms with Crippen molar-refractivity contribution in [3.8, 4) is 17.0 Å². The number of aromatic nitrogens is 4. The summed E-state index contributed by atoms with van der Waals surface area (Å²) in [6, 6.07) is 6.86. The molecule has 6 rings (SSSR count). The van der Waals surface area contributed by atoms with Gasteiger partial charge in [0.15, 0.2) is 5.11 Å². The van der Waals surface area contributed by atoms with Gasteiger partial charge in [0, 0.05) is 56.2 Å². The number of hydrogen-bond acceptors (Lipinski definition) is 12. The number of carbonyl (C=O) groups excluding carboxylic acids is 1. The normalized spacial score (nSPS) is 17.3. The van der Waals surface area contributed by atoms with E-state index in [4.69, 9.17) is 37.1 Å². The molecular formula is C32H43N9O4S. The first-order valence-electron chi connectivity index (χ1n) is 15.6. The molecule has 0 saturated carbocycles. The lowest BCUT2D eigenvalue weighted by atomic mass is 10.1. The van der Waals surface area contributed by atoms with Crippen LogP contribution >= 0.6 is 12.2 Å². The van der Waals surface area contributed by atoms with Gasteiger partial charge in [0.2, 0.25) is 11.9 Å². The lowest BCUT2D eigenvalue weighted by Gasteiger charge is -2.31. The van der Waals surface area contributed by atoms with Crippen molar-refractivity contribution < 1.29 is 19.0 Å². The highest BCUT2D eigenvalue weighted by Crippen LogP contribution is 2.32. The smallest absolute Gasteiger partial charge is 0.338 e. The monoisotopic (exact) mass is 649 g/mol. The summed E-state index contributed by atoms with van der Waals surface area (Å²) in [6.07, 6.45) is 5.49. The van der Waals surface area contributed by atoms with E-state index in [1.807, 2.05) is 13.8 Å². The highest BCUT2D eigenvalue weighted by Gasteiger charge is 2.27. The van der Waals surface area contributed by atoms with Crippen LogP contribution in [0.2, 0.25) is 0 Å². The topological polar surface area (TPSA) is 153 Å². The Morgan fingerprint density at radius 1 is 1.15 bits per heavy atom. The van der Waals surface area contributed by atoms with Gasteiger partial charge in [0.05, 0.1) is 37.1 Å². The summed E-state index contributed by atoms with van der Waals surface area (Å²) in [7, 11) is 1.59. The van der Waals surface area contributed by atoms with E-state index in [1.54, 1.807) is 43.8 Å². The second-order valence-electron chi connectivity index (χ2n) is 12.3. The molecule has 14 heteroatoms. The molecule has 2 saturated heterocycles. The maximum atomic E-state index is 12.1. The van der Waals surface area contributed by atoms with E-state index in [0.717, 1.165) is 79.3 Å². The van der Waals surface area contributed by atoms with Gasteiger partial charge in [-0.05, 0) is 69.1 Å². The summed E-state index contributed by atoms with van der Waals surface area (Å²) in [5.74, 6) is 2.92. The lowest BCUT2D eigenvalue weighted by molar-refractivity contribution is 0.0415. The number of fused-ring (bicyclic) bond motifs is 1. The van der Waals surface area contributed by atoms with Crippen LogP contribution in [0.1, 0.15) is 43.1 Å². The molecule has 3 aliphatic rings. The Kier molecular flexibility index (Phi) is 10.7. The molecular weight excluding hydrogens is 606 g/mol. The Bertz CT molecular complexity index is 1500. The maximum absolute atomic E-state index is 12.1. The molecule has 46 heavy (non-hydrogen) atoms. The van der Waals surface area contributed by atoms with E-state index in [2.05, 4.69) is 42.3 Å². The van der Waals surface area contributed by atoms with Crippen LogP contribution in [0, 0.1) is 5.92 Å². The minimum Gasteiger partial charge on any atom is -0.497 e. The zero-order valence-electron chi connectivity index (χ0n) is 26.9. The highest BCUT2D eigenvalue weighted by molar-refractivity contribution is 7.80. The summed E-state index contributed by atoms with van der Waals surface area (Å²) in [5, 5.41) is 7.36. The molecule has 0 aliphatic carbocycles. The lowest BCUT2D eigenvalue weighted by Crippen LogP contribution is -2.52. The van der Waals surface area contributed by atoms with Gasteiger partial charge in [-0.15, -0.1) is 0 Å². The number of likely N-dealkylation sites (tertiary alicyclic amines) is 1. The molecule has 4 N–H and O–H groups in total. The molecule has 246 valence electrons. The molecule has 2 fully saturated rings. The second-order valence-corrected chi connectivity index (χ2v) is 12.7. The SMILES string of the molecule is COc1ccc(C(=O)OCC(C)(C)NC(=S)N2CCC(C)C2)cc1.Nc1ncc(-c2nc(N3CCOCC3)nc3c2CCN3)cn1. The summed E-state index contributed by atoms with van der Waals surface area (Å²) in [5.41, 5.74) is 8.52. The predicted molar refractivity (Wildman–Crippen MR) is 181 cm³/mol. The molecule has 0 bridgehead atoms. The Morgan fingerprint density at radius 3 is 2.52 bits per heavy atom. The van der Waals surface area contributed by atoms with E-state index < -0.39 is 5.54 Å². The van der Waals surface area contributed by atoms with Crippen LogP contribution in [-0.2, 0) is 15.9 Å². The van der Waals surface area contributed by atoms with E-state index in [9.17, 15) is 4.79 Å². The summed E-state index contributed by atoms with van der Waals surface area (Å²) in [4.78, 5) is 34.0. The molecule has 2 aromatic heterocycles. The minimum absolute atomic E-state index is 0.237. The standard InChI is InChI=1S/C18H26N2O3S.C14H17N7O/c1-13-9-10-20(11-13)17(24)19-18(2,3)12-23-16(21)14-5-7-15(22-4)8-6-14;15-13-17-7-9(8-18-13)11-10-1-2-16-12(10)20-14(19-11)21-3-5-22-6-4-21/h5-8,13H,9-12H2,1-4H3,(H,19,24);7-8H,1-6H2,(H2,15,17,18)(H,16,19,20). The average Bonchev–Trinajstić information content (AvgIpc) is 3.73. The number of esters is 1. The molecule has 5 heterocycles. The van der Waals surface area contributed by atoms with Gasteiger partial charge >= 0.3 is 5.97 Å². The van der Waals surface area contributed by atoms with E-state index in [0.29, 0.717) is 30.4 Å². The third kappa shape index (κ3) is 8.49. The molecule has 3 aliphatic heterocycles. The van der Waals surface area contributed by atoms with Gasteiger partial charge in [0.1, 0.15) is 18.2 Å². The number of nitrogens with zero attached hydrogens (tertiary/aromatic N) is 6. The molecule has 0 radical (unpaired) electrons. The predicted octanol–water partition coefficient (Wildman–Crippen LogP) is 3.17. The van der Waals surface area contributed by atoms with Gasteiger partial charge in [-0.1, -0.05) is 6.92 Å². The molecule has 0 spiro atoms. The summed E-state index contributed by atoms with van der Waals surface area (Å²) >= 11 is 5.48. The largest absolute Gasteiger partial charge is 0.497 e. The Labute approximate surface area is 275 Å². The van der Waals surface area contributed by atoms with Crippen LogP contribution in [0.5, 0.6) is 5.75 Å². The number of hydrogen-bond donors (Lipinski definition) is 3. The van der Waals surface area contributed by atoms with Crippen LogP contribution in [-0.4, -0.2) is 101 Å². The number of thiocarbonyl (C=S) groups is 1. The van der Waals surface area contributed by atoms with Crippen molar-refractivity contribution in [1.82, 2.24) is 30.2 Å². The van der Waals surface area contributed by atoms with E-state index in [-0.39, 0.29) is 18.5 Å². The quantitative estimate of drug-likeness (QED) is 0.254. The van der Waals surface area contributed by atoms with E-state index in [1.165, 1.54) is 0 Å². The van der Waals surface area contributed by atoms with Gasteiger partial charge in [-0.3, -0.25) is 0 Å². The second kappa shape index (κ2) is 14.9. The zero-order valence-corrected chi connectivity index (χ0v) is 27.7. The van der Waals surface area contributed by atoms with Crippen LogP contribution in [0.3, 0.4) is 0 Å². The number of nitrogen functional groups attached to an aromatic ring is 1. The molecule has 3 aromatic rings. The molecule has 1 unspecified atom stereocenters. The van der Waals surface area contributed by atoms with Gasteiger partial charge in [0.25, 0.3) is 0 Å². The van der Waals surface area contributed by atoms with Crippen molar-refractivity contribution in [3.63, 3.8) is 0 Å². The molecule has 1 aromatic carbocycles. The van der Waals surface area contributed by atoms with E-state index >= 15 is 0 Å². The van der Waals surface area contributed by atoms with Crippen LogP contribution in [0.25, 0.3) is 11.3 Å². The number of anilines is 3. The Hall–Kier alpha value is -4.30. The van der Waals surface area contributed by atoms with Crippen molar-refractivity contribution >= 4 is 41.0 Å². The molecule has 0 amide bonds. The maximum Gasteiger partial charge on any atom is 0.338 e. The first-order valence-corrected chi connectivity index (χ1v) is 16.0. The number of ether oxygens (including phenoxy) is 3.